The molecule has 0 bridgehead atoms. The number of anilines is 1. The zero-order valence-corrected chi connectivity index (χ0v) is 15.9. The molecule has 134 valence electrons. The first-order valence-electron chi connectivity index (χ1n) is 8.57. The molecule has 1 heterocycles. The van der Waals surface area contributed by atoms with E-state index >= 15 is 0 Å². The van der Waals surface area contributed by atoms with E-state index in [9.17, 15) is 4.79 Å². The first kappa shape index (κ1) is 18.2. The molecule has 0 radical (unpaired) electrons. The van der Waals surface area contributed by atoms with E-state index in [1.807, 2.05) is 66.1 Å². The molecule has 1 atom stereocenters. The lowest BCUT2D eigenvalue weighted by Gasteiger charge is -2.13. The molecule has 5 nitrogen and oxygen atoms in total. The van der Waals surface area contributed by atoms with Gasteiger partial charge in [0.05, 0.1) is 5.25 Å². The molecule has 1 amide bonds. The Labute approximate surface area is 157 Å². The summed E-state index contributed by atoms with van der Waals surface area (Å²) in [7, 11) is 0. The minimum atomic E-state index is -0.300. The SMILES string of the molecule is CC(C)c1ccc(NC(=O)[C@@H](C)Sc2nncn2-c2ccccc2)cc1. The molecule has 3 aromatic rings. The number of thioether (sulfide) groups is 1. The molecule has 2 aromatic carbocycles. The number of amides is 1. The standard InChI is InChI=1S/C20H22N4OS/c1-14(2)16-9-11-17(12-10-16)22-19(25)15(3)26-20-23-21-13-24(20)18-7-5-4-6-8-18/h4-15H,1-3H3,(H,22,25)/t15-/m1/s1. The van der Waals surface area contributed by atoms with Crippen LogP contribution in [0.5, 0.6) is 0 Å². The number of para-hydroxylation sites is 1. The average molecular weight is 366 g/mol. The summed E-state index contributed by atoms with van der Waals surface area (Å²) in [6, 6.07) is 17.8. The van der Waals surface area contributed by atoms with Crippen LogP contribution in [-0.4, -0.2) is 25.9 Å². The lowest BCUT2D eigenvalue weighted by Crippen LogP contribution is -2.22. The molecule has 1 aromatic heterocycles. The Hall–Kier alpha value is -2.60. The zero-order chi connectivity index (χ0) is 18.5. The van der Waals surface area contributed by atoms with Crippen molar-refractivity contribution in [2.75, 3.05) is 5.32 Å². The zero-order valence-electron chi connectivity index (χ0n) is 15.1. The van der Waals surface area contributed by atoms with E-state index in [1.54, 1.807) is 6.33 Å². The number of carbonyl (C=O) groups excluding carboxylic acids is 1. The molecule has 0 saturated carbocycles. The summed E-state index contributed by atoms with van der Waals surface area (Å²) in [5.41, 5.74) is 3.02. The van der Waals surface area contributed by atoms with Crippen LogP contribution in [0.4, 0.5) is 5.69 Å². The predicted molar refractivity (Wildman–Crippen MR) is 106 cm³/mol. The number of carbonyl (C=O) groups is 1. The maximum atomic E-state index is 12.5. The maximum absolute atomic E-state index is 12.5. The van der Waals surface area contributed by atoms with Crippen LogP contribution in [0.3, 0.4) is 0 Å². The van der Waals surface area contributed by atoms with Crippen molar-refractivity contribution >= 4 is 23.4 Å². The van der Waals surface area contributed by atoms with Gasteiger partial charge in [-0.15, -0.1) is 10.2 Å². The average Bonchev–Trinajstić information content (AvgIpc) is 3.11. The molecule has 3 rings (SSSR count). The molecule has 0 fully saturated rings. The van der Waals surface area contributed by atoms with Gasteiger partial charge >= 0.3 is 0 Å². The van der Waals surface area contributed by atoms with Gasteiger partial charge < -0.3 is 5.32 Å². The summed E-state index contributed by atoms with van der Waals surface area (Å²) in [6.45, 7) is 6.16. The Morgan fingerprint density at radius 3 is 2.38 bits per heavy atom. The molecule has 6 heteroatoms. The molecule has 1 N–H and O–H groups in total. The highest BCUT2D eigenvalue weighted by molar-refractivity contribution is 8.00. The smallest absolute Gasteiger partial charge is 0.237 e. The molecule has 0 unspecified atom stereocenters. The van der Waals surface area contributed by atoms with Gasteiger partial charge in [0.1, 0.15) is 6.33 Å². The lowest BCUT2D eigenvalue weighted by molar-refractivity contribution is -0.115. The van der Waals surface area contributed by atoms with E-state index < -0.39 is 0 Å². The van der Waals surface area contributed by atoms with Crippen LogP contribution in [-0.2, 0) is 4.79 Å². The summed E-state index contributed by atoms with van der Waals surface area (Å²) >= 11 is 1.38. The van der Waals surface area contributed by atoms with Gasteiger partial charge in [0.15, 0.2) is 5.16 Å². The summed E-state index contributed by atoms with van der Waals surface area (Å²) in [5, 5.41) is 11.5. The normalized spacial score (nSPS) is 12.2. The highest BCUT2D eigenvalue weighted by Crippen LogP contribution is 2.25. The molecule has 0 saturated heterocycles. The number of nitrogens with one attached hydrogen (secondary N) is 1. The van der Waals surface area contributed by atoms with Gasteiger partial charge in [-0.05, 0) is 42.7 Å². The number of rotatable bonds is 6. The van der Waals surface area contributed by atoms with Gasteiger partial charge in [0.25, 0.3) is 0 Å². The van der Waals surface area contributed by atoms with Crippen molar-refractivity contribution in [3.63, 3.8) is 0 Å². The minimum Gasteiger partial charge on any atom is -0.325 e. The van der Waals surface area contributed by atoms with Crippen LogP contribution in [0, 0.1) is 0 Å². The van der Waals surface area contributed by atoms with Crippen molar-refractivity contribution < 1.29 is 4.79 Å². The fourth-order valence-corrected chi connectivity index (χ4v) is 3.32. The van der Waals surface area contributed by atoms with Crippen molar-refractivity contribution in [1.29, 1.82) is 0 Å². The van der Waals surface area contributed by atoms with Crippen molar-refractivity contribution in [2.45, 2.75) is 37.1 Å². The number of hydrogen-bond donors (Lipinski definition) is 1. The summed E-state index contributed by atoms with van der Waals surface area (Å²) in [4.78, 5) is 12.5. The van der Waals surface area contributed by atoms with Crippen LogP contribution in [0.15, 0.2) is 66.1 Å². The highest BCUT2D eigenvalue weighted by atomic mass is 32.2. The molecule has 26 heavy (non-hydrogen) atoms. The molecule has 0 spiro atoms. The van der Waals surface area contributed by atoms with E-state index in [-0.39, 0.29) is 11.2 Å². The van der Waals surface area contributed by atoms with Crippen LogP contribution >= 0.6 is 11.8 Å². The van der Waals surface area contributed by atoms with Crippen LogP contribution in [0.1, 0.15) is 32.3 Å². The number of aromatic nitrogens is 3. The van der Waals surface area contributed by atoms with E-state index in [0.717, 1.165) is 11.4 Å². The number of benzene rings is 2. The predicted octanol–water partition coefficient (Wildman–Crippen LogP) is 4.51. The second-order valence-electron chi connectivity index (χ2n) is 6.35. The lowest BCUT2D eigenvalue weighted by atomic mass is 10.0. The molecule has 0 aliphatic heterocycles. The first-order valence-corrected chi connectivity index (χ1v) is 9.45. The van der Waals surface area contributed by atoms with Gasteiger partial charge in [-0.25, -0.2) is 0 Å². The fraction of sp³-hybridized carbons (Fsp3) is 0.250. The van der Waals surface area contributed by atoms with Gasteiger partial charge in [0.2, 0.25) is 5.91 Å². The Bertz CT molecular complexity index is 859. The van der Waals surface area contributed by atoms with Crippen molar-refractivity contribution in [1.82, 2.24) is 14.8 Å². The second-order valence-corrected chi connectivity index (χ2v) is 7.65. The molecule has 0 aliphatic carbocycles. The fourth-order valence-electron chi connectivity index (χ4n) is 2.48. The van der Waals surface area contributed by atoms with Gasteiger partial charge in [0, 0.05) is 11.4 Å². The molecular weight excluding hydrogens is 344 g/mol. The van der Waals surface area contributed by atoms with Crippen LogP contribution < -0.4 is 5.32 Å². The minimum absolute atomic E-state index is 0.0603. The highest BCUT2D eigenvalue weighted by Gasteiger charge is 2.18. The van der Waals surface area contributed by atoms with E-state index in [2.05, 4.69) is 29.4 Å². The van der Waals surface area contributed by atoms with Crippen LogP contribution in [0.25, 0.3) is 5.69 Å². The third-order valence-corrected chi connectivity index (χ3v) is 5.10. The maximum Gasteiger partial charge on any atom is 0.237 e. The first-order chi connectivity index (χ1) is 12.5. The van der Waals surface area contributed by atoms with Crippen molar-refractivity contribution in [3.8, 4) is 5.69 Å². The molecule has 0 aliphatic rings. The second kappa shape index (κ2) is 8.19. The quantitative estimate of drug-likeness (QED) is 0.652. The van der Waals surface area contributed by atoms with Gasteiger partial charge in [-0.2, -0.15) is 0 Å². The number of hydrogen-bond acceptors (Lipinski definition) is 4. The summed E-state index contributed by atoms with van der Waals surface area (Å²) in [5.74, 6) is 0.411. The van der Waals surface area contributed by atoms with Gasteiger partial charge in [-0.1, -0.05) is 55.9 Å². The Balaban J connectivity index is 1.66. The van der Waals surface area contributed by atoms with E-state index in [0.29, 0.717) is 11.1 Å². The largest absolute Gasteiger partial charge is 0.325 e. The summed E-state index contributed by atoms with van der Waals surface area (Å²) < 4.78 is 1.88. The topological polar surface area (TPSA) is 59.8 Å². The van der Waals surface area contributed by atoms with Crippen molar-refractivity contribution in [2.24, 2.45) is 0 Å². The number of nitrogens with zero attached hydrogens (tertiary/aromatic N) is 3. The van der Waals surface area contributed by atoms with Gasteiger partial charge in [-0.3, -0.25) is 9.36 Å². The monoisotopic (exact) mass is 366 g/mol. The third kappa shape index (κ3) is 4.32. The van der Waals surface area contributed by atoms with E-state index in [1.165, 1.54) is 17.3 Å². The Morgan fingerprint density at radius 1 is 1.04 bits per heavy atom. The van der Waals surface area contributed by atoms with E-state index in [4.69, 9.17) is 0 Å². The van der Waals surface area contributed by atoms with Crippen molar-refractivity contribution in [3.05, 3.63) is 66.5 Å². The van der Waals surface area contributed by atoms with Crippen LogP contribution in [0.2, 0.25) is 0 Å². The third-order valence-electron chi connectivity index (χ3n) is 4.05. The Morgan fingerprint density at radius 2 is 1.73 bits per heavy atom. The summed E-state index contributed by atoms with van der Waals surface area (Å²) in [6.07, 6.45) is 1.66. The Kier molecular flexibility index (Phi) is 5.73. The molecular formula is C20H22N4OS.